The predicted octanol–water partition coefficient (Wildman–Crippen LogP) is 6.80. The molecule has 4 aromatic rings. The molecule has 282 valence electrons. The van der Waals surface area contributed by atoms with Crippen LogP contribution in [0.3, 0.4) is 0 Å². The van der Waals surface area contributed by atoms with Crippen LogP contribution in [0.1, 0.15) is 86.3 Å². The third-order valence-electron chi connectivity index (χ3n) is 10.7. The predicted molar refractivity (Wildman–Crippen MR) is 209 cm³/mol. The molecule has 0 bridgehead atoms. The van der Waals surface area contributed by atoms with Crippen molar-refractivity contribution in [2.75, 3.05) is 25.6 Å². The van der Waals surface area contributed by atoms with Crippen LogP contribution in [-0.2, 0) is 30.0 Å². The summed E-state index contributed by atoms with van der Waals surface area (Å²) < 4.78 is 13.4. The zero-order valence-corrected chi connectivity index (χ0v) is 32.6. The number of halogens is 1. The smallest absolute Gasteiger partial charge is 0.330 e. The summed E-state index contributed by atoms with van der Waals surface area (Å²) in [6, 6.07) is 13.4. The number of benzene rings is 2. The molecule has 3 unspecified atom stereocenters. The Bertz CT molecular complexity index is 2130. The van der Waals surface area contributed by atoms with Gasteiger partial charge in [-0.2, -0.15) is 0 Å². The lowest BCUT2D eigenvalue weighted by molar-refractivity contribution is -0.146. The number of pyridine rings is 1. The van der Waals surface area contributed by atoms with Gasteiger partial charge in [0.15, 0.2) is 0 Å². The zero-order valence-electron chi connectivity index (χ0n) is 31.9. The van der Waals surface area contributed by atoms with Crippen molar-refractivity contribution in [2.24, 2.45) is 20.0 Å². The van der Waals surface area contributed by atoms with Crippen molar-refractivity contribution in [3.8, 4) is 28.3 Å². The van der Waals surface area contributed by atoms with Crippen LogP contribution in [0, 0.1) is 12.8 Å². The van der Waals surface area contributed by atoms with E-state index in [4.69, 9.17) is 26.1 Å². The van der Waals surface area contributed by atoms with Gasteiger partial charge in [-0.25, -0.2) is 9.78 Å². The van der Waals surface area contributed by atoms with Crippen molar-refractivity contribution in [2.45, 2.75) is 78.2 Å². The summed E-state index contributed by atoms with van der Waals surface area (Å²) in [5.74, 6) is 1.11. The lowest BCUT2D eigenvalue weighted by atomic mass is 9.87. The van der Waals surface area contributed by atoms with Gasteiger partial charge in [0.1, 0.15) is 12.2 Å². The number of morpholine rings is 1. The van der Waals surface area contributed by atoms with Gasteiger partial charge >= 0.3 is 5.69 Å². The molecule has 2 aromatic heterocycles. The van der Waals surface area contributed by atoms with E-state index in [1.165, 1.54) is 42.4 Å². The van der Waals surface area contributed by atoms with Crippen LogP contribution >= 0.6 is 11.6 Å². The number of fused-ring (bicyclic) bond motifs is 1. The number of aryl methyl sites for hydroxylation is 2. The fourth-order valence-corrected chi connectivity index (χ4v) is 7.47. The number of anilines is 1. The average Bonchev–Trinajstić information content (AvgIpc) is 3.54. The number of rotatable bonds is 9. The Morgan fingerprint density at radius 1 is 1.13 bits per heavy atom. The number of hydrogen-bond acceptors (Lipinski definition) is 7. The van der Waals surface area contributed by atoms with Crippen molar-refractivity contribution < 1.29 is 19.1 Å². The van der Waals surface area contributed by atoms with Gasteiger partial charge < -0.3 is 24.7 Å². The second kappa shape index (κ2) is 16.5. The number of hydrogen-bond donors (Lipinski definition) is 2. The lowest BCUT2D eigenvalue weighted by Crippen LogP contribution is -2.52. The Balaban J connectivity index is 0.000000326. The number of nitrogens with one attached hydrogen (secondary N) is 2. The Morgan fingerprint density at radius 3 is 2.49 bits per heavy atom. The zero-order chi connectivity index (χ0) is 38.6. The molecular formula is C41H50ClN5O6. The number of amides is 2. The van der Waals surface area contributed by atoms with E-state index in [0.29, 0.717) is 35.0 Å². The van der Waals surface area contributed by atoms with E-state index in [1.54, 1.807) is 13.2 Å². The van der Waals surface area contributed by atoms with Crippen LogP contribution in [0.4, 0.5) is 5.69 Å². The normalized spacial score (nSPS) is 18.4. The third kappa shape index (κ3) is 8.26. The van der Waals surface area contributed by atoms with Gasteiger partial charge in [-0.3, -0.25) is 19.0 Å². The summed E-state index contributed by atoms with van der Waals surface area (Å²) in [4.78, 5) is 53.4. The van der Waals surface area contributed by atoms with E-state index < -0.39 is 17.2 Å². The molecule has 2 amide bonds. The van der Waals surface area contributed by atoms with E-state index in [-0.39, 0.29) is 23.7 Å². The molecular weight excluding hydrogens is 694 g/mol. The van der Waals surface area contributed by atoms with Crippen LogP contribution in [0.15, 0.2) is 58.3 Å². The highest BCUT2D eigenvalue weighted by Crippen LogP contribution is 2.43. The monoisotopic (exact) mass is 743 g/mol. The maximum Gasteiger partial charge on any atom is 0.330 e. The summed E-state index contributed by atoms with van der Waals surface area (Å²) in [5.41, 5.74) is 5.46. The summed E-state index contributed by atoms with van der Waals surface area (Å²) >= 11 is 7.00. The molecule has 2 aliphatic rings. The maximum absolute atomic E-state index is 13.0. The Labute approximate surface area is 315 Å². The largest absolute Gasteiger partial charge is 0.481 e. The fourth-order valence-electron chi connectivity index (χ4n) is 7.14. The number of ether oxygens (including phenoxy) is 2. The summed E-state index contributed by atoms with van der Waals surface area (Å²) in [7, 11) is 4.48. The van der Waals surface area contributed by atoms with Crippen LogP contribution in [0.25, 0.3) is 22.4 Å². The Hall–Kier alpha value is -4.74. The van der Waals surface area contributed by atoms with Crippen LogP contribution in [-0.4, -0.2) is 51.8 Å². The summed E-state index contributed by atoms with van der Waals surface area (Å²) in [6.45, 7) is 11.5. The molecule has 3 atom stereocenters. The van der Waals surface area contributed by atoms with Gasteiger partial charge in [0.25, 0.3) is 11.5 Å². The van der Waals surface area contributed by atoms with Gasteiger partial charge in [0, 0.05) is 49.2 Å². The first-order chi connectivity index (χ1) is 25.2. The first-order valence-electron chi connectivity index (χ1n) is 18.2. The second-order valence-electron chi connectivity index (χ2n) is 14.2. The van der Waals surface area contributed by atoms with Gasteiger partial charge in [0.2, 0.25) is 11.8 Å². The molecule has 12 heteroatoms. The van der Waals surface area contributed by atoms with Crippen LogP contribution < -0.4 is 26.6 Å². The van der Waals surface area contributed by atoms with Crippen LogP contribution in [0.2, 0.25) is 5.02 Å². The molecule has 1 fully saturated rings. The minimum Gasteiger partial charge on any atom is -0.481 e. The lowest BCUT2D eigenvalue weighted by Gasteiger charge is -2.38. The van der Waals surface area contributed by atoms with Crippen molar-refractivity contribution in [1.82, 2.24) is 19.4 Å². The number of aromatic nitrogens is 3. The molecule has 2 aromatic carbocycles. The highest BCUT2D eigenvalue weighted by atomic mass is 35.5. The van der Waals surface area contributed by atoms with E-state index in [1.807, 2.05) is 37.3 Å². The molecule has 11 nitrogen and oxygen atoms in total. The van der Waals surface area contributed by atoms with Crippen molar-refractivity contribution in [1.29, 1.82) is 0 Å². The van der Waals surface area contributed by atoms with Crippen molar-refractivity contribution in [3.05, 3.63) is 96.8 Å². The van der Waals surface area contributed by atoms with Gasteiger partial charge in [-0.05, 0) is 73.3 Å². The molecule has 1 aliphatic heterocycles. The fraction of sp³-hybridized carbons (Fsp3) is 0.439. The minimum absolute atomic E-state index is 0.0122. The quantitative estimate of drug-likeness (QED) is 0.193. The van der Waals surface area contributed by atoms with Gasteiger partial charge in [-0.15, -0.1) is 0 Å². The number of carbonyl (C=O) groups is 2. The van der Waals surface area contributed by atoms with E-state index in [0.717, 1.165) is 58.2 Å². The summed E-state index contributed by atoms with van der Waals surface area (Å²) in [6.07, 6.45) is 6.46. The van der Waals surface area contributed by atoms with Crippen molar-refractivity contribution in [3.63, 3.8) is 0 Å². The standard InChI is InChI=1S/C30H29ClN4O4.C11H21NO2/c1-16-12-13-18-14-24(33-28(39-5)25(16)18)21-10-6-9-20(26(21)31)19-8-7-11-23(17(19)2)32-27(36)22-15-34(3)30(38)35(4)29(22)37;1-4-9(3)6-11(5-2)8-12-10(13)7-14-11/h6-11,14-16H,12-13H2,1-5H3,(H,32,36);9H,4-8H2,1-3H3,(H,12,13). The van der Waals surface area contributed by atoms with Gasteiger partial charge in [-0.1, -0.05) is 76.0 Å². The van der Waals surface area contributed by atoms with E-state index in [9.17, 15) is 19.2 Å². The highest BCUT2D eigenvalue weighted by Gasteiger charge is 2.35. The third-order valence-corrected chi connectivity index (χ3v) is 11.1. The second-order valence-corrected chi connectivity index (χ2v) is 14.6. The SMILES string of the molecule is CCC(C)CC1(CC)CNC(=O)CO1.COc1nc(-c2cccc(-c3cccc(NC(=O)c4cn(C)c(=O)n(C)c4=O)c3C)c2Cl)cc2c1C(C)CC2. The minimum atomic E-state index is -0.660. The van der Waals surface area contributed by atoms with Crippen LogP contribution in [0.5, 0.6) is 5.88 Å². The maximum atomic E-state index is 13.0. The van der Waals surface area contributed by atoms with E-state index in [2.05, 4.69) is 44.4 Å². The number of carbonyl (C=O) groups excluding carboxylic acids is 2. The molecule has 1 aliphatic carbocycles. The molecule has 0 spiro atoms. The Kier molecular flexibility index (Phi) is 12.3. The highest BCUT2D eigenvalue weighted by molar-refractivity contribution is 6.36. The molecule has 2 N–H and O–H groups in total. The Morgan fingerprint density at radius 2 is 1.83 bits per heavy atom. The number of methoxy groups -OCH3 is 1. The number of nitrogens with zero attached hydrogens (tertiary/aromatic N) is 3. The van der Waals surface area contributed by atoms with Gasteiger partial charge in [0.05, 0.1) is 23.4 Å². The average molecular weight is 744 g/mol. The molecule has 0 radical (unpaired) electrons. The summed E-state index contributed by atoms with van der Waals surface area (Å²) in [5, 5.41) is 6.25. The van der Waals surface area contributed by atoms with E-state index >= 15 is 0 Å². The molecule has 3 heterocycles. The first kappa shape index (κ1) is 39.5. The molecule has 6 rings (SSSR count). The topological polar surface area (TPSA) is 134 Å². The van der Waals surface area contributed by atoms with Crippen molar-refractivity contribution >= 4 is 29.1 Å². The molecule has 1 saturated heterocycles. The first-order valence-corrected chi connectivity index (χ1v) is 18.6. The molecule has 0 saturated carbocycles. The molecule has 53 heavy (non-hydrogen) atoms.